The van der Waals surface area contributed by atoms with E-state index in [-0.39, 0.29) is 22.4 Å². The molecule has 0 saturated heterocycles. The Hall–Kier alpha value is -3.01. The van der Waals surface area contributed by atoms with Crippen molar-refractivity contribution in [3.8, 4) is 17.1 Å². The fourth-order valence-electron chi connectivity index (χ4n) is 2.55. The summed E-state index contributed by atoms with van der Waals surface area (Å²) in [5.41, 5.74) is -0.0338. The van der Waals surface area contributed by atoms with E-state index in [2.05, 4.69) is 10.3 Å². The number of methoxy groups -OCH3 is 1. The number of alkyl halides is 3. The zero-order valence-corrected chi connectivity index (χ0v) is 16.3. The molecule has 0 aliphatic rings. The van der Waals surface area contributed by atoms with Crippen molar-refractivity contribution in [1.29, 1.82) is 0 Å². The Morgan fingerprint density at radius 2 is 1.83 bits per heavy atom. The largest absolute Gasteiger partial charge is 0.495 e. The van der Waals surface area contributed by atoms with Gasteiger partial charge in [0, 0.05) is 5.56 Å². The Kier molecular flexibility index (Phi) is 5.56. The van der Waals surface area contributed by atoms with Gasteiger partial charge in [-0.05, 0) is 30.3 Å². The zero-order chi connectivity index (χ0) is 21.2. The molecule has 0 amide bonds. The summed E-state index contributed by atoms with van der Waals surface area (Å²) in [6.45, 7) is 1.54. The minimum Gasteiger partial charge on any atom is -0.495 e. The van der Waals surface area contributed by atoms with E-state index in [0.717, 1.165) is 12.1 Å². The van der Waals surface area contributed by atoms with Gasteiger partial charge in [-0.15, -0.1) is 0 Å². The van der Waals surface area contributed by atoms with Crippen LogP contribution in [0.2, 0.25) is 0 Å². The number of anilines is 2. The van der Waals surface area contributed by atoms with Gasteiger partial charge < -0.3 is 14.5 Å². The van der Waals surface area contributed by atoms with Crippen molar-refractivity contribution in [2.24, 2.45) is 0 Å². The molecule has 0 saturated carbocycles. The van der Waals surface area contributed by atoms with Crippen molar-refractivity contribution in [3.63, 3.8) is 0 Å². The van der Waals surface area contributed by atoms with Crippen LogP contribution in [0.5, 0.6) is 5.75 Å². The molecule has 29 heavy (non-hydrogen) atoms. The van der Waals surface area contributed by atoms with Gasteiger partial charge in [-0.25, -0.2) is 13.4 Å². The molecule has 1 N–H and O–H groups in total. The molecule has 1 aromatic heterocycles. The van der Waals surface area contributed by atoms with Crippen LogP contribution in [0.4, 0.5) is 24.9 Å². The van der Waals surface area contributed by atoms with E-state index in [1.54, 1.807) is 0 Å². The maximum atomic E-state index is 12.7. The van der Waals surface area contributed by atoms with Crippen molar-refractivity contribution in [2.75, 3.05) is 18.2 Å². The highest BCUT2D eigenvalue weighted by Gasteiger charge is 2.30. The quantitative estimate of drug-likeness (QED) is 0.603. The first-order valence-electron chi connectivity index (χ1n) is 8.45. The topological polar surface area (TPSA) is 81.4 Å². The SMILES string of the molecule is CCS(=O)(=O)c1ccc(OC)c(Nc2ncc(-c3ccc(C(F)(F)F)cc3)o2)c1. The Morgan fingerprint density at radius 3 is 2.41 bits per heavy atom. The first-order valence-corrected chi connectivity index (χ1v) is 10.1. The van der Waals surface area contributed by atoms with Crippen LogP contribution in [0.3, 0.4) is 0 Å². The van der Waals surface area contributed by atoms with Crippen LogP contribution in [0.1, 0.15) is 12.5 Å². The number of halogens is 3. The fraction of sp³-hybridized carbons (Fsp3) is 0.211. The molecule has 0 spiro atoms. The van der Waals surface area contributed by atoms with Gasteiger partial charge >= 0.3 is 6.18 Å². The summed E-state index contributed by atoms with van der Waals surface area (Å²) >= 11 is 0. The third kappa shape index (κ3) is 4.53. The average molecular weight is 426 g/mol. The molecule has 0 aliphatic heterocycles. The van der Waals surface area contributed by atoms with E-state index in [4.69, 9.17) is 9.15 Å². The molecule has 0 bridgehead atoms. The van der Waals surface area contributed by atoms with E-state index in [9.17, 15) is 21.6 Å². The van der Waals surface area contributed by atoms with Gasteiger partial charge in [-0.1, -0.05) is 19.1 Å². The van der Waals surface area contributed by atoms with Gasteiger partial charge in [-0.3, -0.25) is 0 Å². The molecule has 0 fully saturated rings. The normalized spacial score (nSPS) is 12.0. The number of aromatic nitrogens is 1. The number of hydrogen-bond acceptors (Lipinski definition) is 6. The van der Waals surface area contributed by atoms with Crippen molar-refractivity contribution in [2.45, 2.75) is 18.0 Å². The maximum absolute atomic E-state index is 12.7. The molecule has 1 heterocycles. The number of rotatable bonds is 6. The van der Waals surface area contributed by atoms with E-state index in [1.807, 2.05) is 0 Å². The molecular weight excluding hydrogens is 409 g/mol. The van der Waals surface area contributed by atoms with Crippen molar-refractivity contribution in [3.05, 3.63) is 54.2 Å². The van der Waals surface area contributed by atoms with Crippen LogP contribution in [-0.4, -0.2) is 26.3 Å². The molecule has 3 rings (SSSR count). The molecular formula is C19H17F3N2O4S. The first-order chi connectivity index (χ1) is 13.6. The van der Waals surface area contributed by atoms with Crippen molar-refractivity contribution in [1.82, 2.24) is 4.98 Å². The highest BCUT2D eigenvalue weighted by Crippen LogP contribution is 2.33. The van der Waals surface area contributed by atoms with Gasteiger partial charge in [-0.2, -0.15) is 13.2 Å². The van der Waals surface area contributed by atoms with Crippen LogP contribution in [-0.2, 0) is 16.0 Å². The summed E-state index contributed by atoms with van der Waals surface area (Å²) in [5.74, 6) is 0.558. The molecule has 0 unspecified atom stereocenters. The summed E-state index contributed by atoms with van der Waals surface area (Å²) in [7, 11) is -2.00. The molecule has 154 valence electrons. The van der Waals surface area contributed by atoms with Gasteiger partial charge in [0.2, 0.25) is 0 Å². The predicted molar refractivity (Wildman–Crippen MR) is 101 cm³/mol. The molecule has 6 nitrogen and oxygen atoms in total. The summed E-state index contributed by atoms with van der Waals surface area (Å²) in [4.78, 5) is 4.15. The smallest absolute Gasteiger partial charge is 0.416 e. The lowest BCUT2D eigenvalue weighted by Gasteiger charge is -2.11. The molecule has 3 aromatic rings. The third-order valence-electron chi connectivity index (χ3n) is 4.15. The second kappa shape index (κ2) is 7.78. The van der Waals surface area contributed by atoms with Gasteiger partial charge in [0.1, 0.15) is 5.75 Å². The standard InChI is InChI=1S/C19H17F3N2O4S/c1-3-29(25,26)14-8-9-16(27-2)15(10-14)24-18-23-11-17(28-18)12-4-6-13(7-5-12)19(20,21)22/h4-11H,3H2,1-2H3,(H,23,24). The Bertz CT molecular complexity index is 1110. The predicted octanol–water partition coefficient (Wildman–Crippen LogP) is 4.91. The van der Waals surface area contributed by atoms with Crippen LogP contribution in [0, 0.1) is 0 Å². The van der Waals surface area contributed by atoms with Gasteiger partial charge in [0.05, 0.1) is 35.2 Å². The third-order valence-corrected chi connectivity index (χ3v) is 5.89. The van der Waals surface area contributed by atoms with Crippen molar-refractivity contribution >= 4 is 21.5 Å². The fourth-order valence-corrected chi connectivity index (χ4v) is 3.46. The molecule has 2 aromatic carbocycles. The molecule has 0 radical (unpaired) electrons. The number of nitrogens with zero attached hydrogens (tertiary/aromatic N) is 1. The monoisotopic (exact) mass is 426 g/mol. The first kappa shape index (κ1) is 20.7. The number of nitrogens with one attached hydrogen (secondary N) is 1. The number of oxazole rings is 1. The second-order valence-electron chi connectivity index (χ2n) is 6.00. The van der Waals surface area contributed by atoms with Crippen LogP contribution < -0.4 is 10.1 Å². The number of sulfone groups is 1. The van der Waals surface area contributed by atoms with Crippen molar-refractivity contribution < 1.29 is 30.7 Å². The van der Waals surface area contributed by atoms with Crippen LogP contribution >= 0.6 is 0 Å². The molecule has 0 atom stereocenters. The van der Waals surface area contributed by atoms with Crippen LogP contribution in [0.25, 0.3) is 11.3 Å². The zero-order valence-electron chi connectivity index (χ0n) is 15.4. The lowest BCUT2D eigenvalue weighted by atomic mass is 10.1. The summed E-state index contributed by atoms with van der Waals surface area (Å²) in [6.07, 6.45) is -3.07. The number of benzene rings is 2. The Morgan fingerprint density at radius 1 is 1.14 bits per heavy atom. The van der Waals surface area contributed by atoms with Gasteiger partial charge in [0.25, 0.3) is 6.01 Å². The van der Waals surface area contributed by atoms with E-state index in [1.165, 1.54) is 50.6 Å². The lowest BCUT2D eigenvalue weighted by molar-refractivity contribution is -0.137. The minimum absolute atomic E-state index is 0.0317. The lowest BCUT2D eigenvalue weighted by Crippen LogP contribution is -2.05. The Labute approximate surface area is 165 Å². The summed E-state index contributed by atoms with van der Waals surface area (Å²) in [5, 5.41) is 2.84. The highest BCUT2D eigenvalue weighted by atomic mass is 32.2. The van der Waals surface area contributed by atoms with Gasteiger partial charge in [0.15, 0.2) is 15.6 Å². The number of ether oxygens (including phenoxy) is 1. The number of hydrogen-bond donors (Lipinski definition) is 1. The van der Waals surface area contributed by atoms with E-state index < -0.39 is 21.6 Å². The highest BCUT2D eigenvalue weighted by molar-refractivity contribution is 7.91. The van der Waals surface area contributed by atoms with Crippen LogP contribution in [0.15, 0.2) is 58.0 Å². The summed E-state index contributed by atoms with van der Waals surface area (Å²) in [6, 6.07) is 8.84. The van der Waals surface area contributed by atoms with E-state index in [0.29, 0.717) is 17.0 Å². The maximum Gasteiger partial charge on any atom is 0.416 e. The average Bonchev–Trinajstić information content (AvgIpc) is 3.16. The molecule has 0 aliphatic carbocycles. The second-order valence-corrected chi connectivity index (χ2v) is 8.27. The summed E-state index contributed by atoms with van der Waals surface area (Å²) < 4.78 is 73.0. The minimum atomic E-state index is -4.42. The molecule has 10 heteroatoms. The van der Waals surface area contributed by atoms with E-state index >= 15 is 0 Å². The Balaban J connectivity index is 1.87.